The number of benzene rings is 1. The first-order chi connectivity index (χ1) is 9.50. The van der Waals surface area contributed by atoms with Crippen molar-refractivity contribution >= 4 is 33.6 Å². The monoisotopic (exact) mass is 395 g/mol. The molecule has 0 fully saturated rings. The van der Waals surface area contributed by atoms with Crippen LogP contribution in [0, 0.1) is 0 Å². The minimum atomic E-state index is -4.74. The summed E-state index contributed by atoms with van der Waals surface area (Å²) in [4.78, 5) is 11.6. The molecule has 1 aromatic rings. The Kier molecular flexibility index (Phi) is 5.97. The highest BCUT2D eigenvalue weighted by molar-refractivity contribution is 9.10. The lowest BCUT2D eigenvalue weighted by atomic mass is 10.1. The average Bonchev–Trinajstić information content (AvgIpc) is 2.32. The van der Waals surface area contributed by atoms with Gasteiger partial charge in [-0.2, -0.15) is 26.3 Å². The lowest BCUT2D eigenvalue weighted by Gasteiger charge is -2.13. The lowest BCUT2D eigenvalue weighted by Crippen LogP contribution is -2.28. The number of hydrogen-bond acceptors (Lipinski definition) is 2. The van der Waals surface area contributed by atoms with E-state index in [1.165, 1.54) is 6.07 Å². The third-order valence-corrected chi connectivity index (χ3v) is 3.41. The second-order valence-electron chi connectivity index (χ2n) is 3.74. The van der Waals surface area contributed by atoms with Gasteiger partial charge in [-0.3, -0.25) is 4.79 Å². The fourth-order valence-electron chi connectivity index (χ4n) is 1.38. The van der Waals surface area contributed by atoms with E-state index in [0.717, 1.165) is 12.1 Å². The molecule has 10 heteroatoms. The van der Waals surface area contributed by atoms with Crippen molar-refractivity contribution in [3.05, 3.63) is 33.8 Å². The molecule has 118 valence electrons. The number of amides is 1. The summed E-state index contributed by atoms with van der Waals surface area (Å²) < 4.78 is 74.1. The van der Waals surface area contributed by atoms with Gasteiger partial charge in [-0.25, -0.2) is 0 Å². The van der Waals surface area contributed by atoms with Gasteiger partial charge in [0.1, 0.15) is 0 Å². The van der Waals surface area contributed by atoms with Crippen molar-refractivity contribution < 1.29 is 31.1 Å². The predicted octanol–water partition coefficient (Wildman–Crippen LogP) is 4.45. The molecule has 1 aromatic carbocycles. The second-order valence-corrected chi connectivity index (χ2v) is 5.81. The number of nitrogens with one attached hydrogen (secondary N) is 1. The van der Waals surface area contributed by atoms with Crippen LogP contribution in [-0.4, -0.2) is 23.7 Å². The van der Waals surface area contributed by atoms with Gasteiger partial charge in [-0.05, 0) is 30.0 Å². The summed E-state index contributed by atoms with van der Waals surface area (Å²) >= 11 is 2.50. The Morgan fingerprint density at radius 2 is 1.81 bits per heavy atom. The predicted molar refractivity (Wildman–Crippen MR) is 70.0 cm³/mol. The van der Waals surface area contributed by atoms with Crippen molar-refractivity contribution in [2.45, 2.75) is 11.7 Å². The van der Waals surface area contributed by atoms with Crippen LogP contribution in [-0.2, 0) is 6.18 Å². The summed E-state index contributed by atoms with van der Waals surface area (Å²) in [6.45, 7) is -0.392. The quantitative estimate of drug-likeness (QED) is 0.602. The van der Waals surface area contributed by atoms with Crippen LogP contribution in [0.25, 0.3) is 0 Å². The van der Waals surface area contributed by atoms with Crippen molar-refractivity contribution in [1.82, 2.24) is 5.32 Å². The van der Waals surface area contributed by atoms with Gasteiger partial charge in [0.25, 0.3) is 5.91 Å². The van der Waals surface area contributed by atoms with Gasteiger partial charge in [0.05, 0.1) is 11.1 Å². The van der Waals surface area contributed by atoms with Crippen LogP contribution in [0.4, 0.5) is 26.3 Å². The van der Waals surface area contributed by atoms with Crippen LogP contribution in [0.2, 0.25) is 0 Å². The normalized spacial score (nSPS) is 12.3. The van der Waals surface area contributed by atoms with E-state index in [-0.39, 0.29) is 16.2 Å². The van der Waals surface area contributed by atoms with Crippen molar-refractivity contribution in [2.75, 3.05) is 12.3 Å². The van der Waals surface area contributed by atoms with E-state index in [4.69, 9.17) is 0 Å². The molecule has 0 atom stereocenters. The summed E-state index contributed by atoms with van der Waals surface area (Å²) in [6, 6.07) is 2.94. The van der Waals surface area contributed by atoms with E-state index in [2.05, 4.69) is 15.9 Å². The van der Waals surface area contributed by atoms with Crippen molar-refractivity contribution in [2.24, 2.45) is 0 Å². The van der Waals surface area contributed by atoms with Crippen molar-refractivity contribution in [1.29, 1.82) is 0 Å². The highest BCUT2D eigenvalue weighted by Gasteiger charge is 2.35. The maximum atomic E-state index is 12.8. The minimum Gasteiger partial charge on any atom is -0.351 e. The Balaban J connectivity index is 2.75. The molecular formula is C11H8BrF6NOS. The van der Waals surface area contributed by atoms with Crippen molar-refractivity contribution in [3.8, 4) is 0 Å². The molecule has 1 rings (SSSR count). The minimum absolute atomic E-state index is 0.138. The first kappa shape index (κ1) is 18.1. The number of halogens is 7. The van der Waals surface area contributed by atoms with Gasteiger partial charge in [0, 0.05) is 16.8 Å². The molecule has 1 amide bonds. The first-order valence-electron chi connectivity index (χ1n) is 5.36. The fourth-order valence-corrected chi connectivity index (χ4v) is 2.17. The maximum Gasteiger partial charge on any atom is 0.441 e. The number of carbonyl (C=O) groups excluding carboxylic acids is 1. The van der Waals surface area contributed by atoms with E-state index < -0.39 is 41.0 Å². The summed E-state index contributed by atoms with van der Waals surface area (Å²) in [5, 5.41) is 2.03. The molecule has 0 heterocycles. The van der Waals surface area contributed by atoms with E-state index in [1.54, 1.807) is 0 Å². The van der Waals surface area contributed by atoms with Crippen LogP contribution in [0.3, 0.4) is 0 Å². The van der Waals surface area contributed by atoms with Gasteiger partial charge in [-0.15, -0.1) is 0 Å². The maximum absolute atomic E-state index is 12.8. The molecule has 0 unspecified atom stereocenters. The summed E-state index contributed by atoms with van der Waals surface area (Å²) in [5.41, 5.74) is -6.24. The molecule has 2 nitrogen and oxygen atoms in total. The summed E-state index contributed by atoms with van der Waals surface area (Å²) in [5.74, 6) is -1.55. The Bertz CT molecular complexity index is 516. The van der Waals surface area contributed by atoms with Crippen LogP contribution in [0.15, 0.2) is 22.7 Å². The number of rotatable bonds is 4. The third kappa shape index (κ3) is 6.16. The molecule has 1 N–H and O–H groups in total. The Labute approximate surface area is 128 Å². The number of alkyl halides is 6. The van der Waals surface area contributed by atoms with Gasteiger partial charge in [-0.1, -0.05) is 15.9 Å². The van der Waals surface area contributed by atoms with E-state index in [0.29, 0.717) is 0 Å². The summed E-state index contributed by atoms with van der Waals surface area (Å²) in [6.07, 6.45) is -4.74. The fraction of sp³-hybridized carbons (Fsp3) is 0.364. The molecule has 0 aliphatic rings. The second kappa shape index (κ2) is 6.91. The Hall–Kier alpha value is -0.900. The molecular weight excluding hydrogens is 388 g/mol. The van der Waals surface area contributed by atoms with E-state index in [9.17, 15) is 31.1 Å². The third-order valence-electron chi connectivity index (χ3n) is 2.18. The van der Waals surface area contributed by atoms with Crippen LogP contribution in [0.5, 0.6) is 0 Å². The highest BCUT2D eigenvalue weighted by atomic mass is 79.9. The molecule has 0 aromatic heterocycles. The molecule has 0 spiro atoms. The molecule has 0 saturated heterocycles. The zero-order chi connectivity index (χ0) is 16.3. The van der Waals surface area contributed by atoms with Gasteiger partial charge in [0.2, 0.25) is 0 Å². The number of carbonyl (C=O) groups is 1. The SMILES string of the molecule is O=C(NCCSC(F)(F)F)c1ccc(Br)cc1C(F)(F)F. The molecule has 0 aliphatic heterocycles. The largest absolute Gasteiger partial charge is 0.441 e. The smallest absolute Gasteiger partial charge is 0.351 e. The van der Waals surface area contributed by atoms with E-state index >= 15 is 0 Å². The van der Waals surface area contributed by atoms with Gasteiger partial charge >= 0.3 is 11.7 Å². The lowest BCUT2D eigenvalue weighted by molar-refractivity contribution is -0.138. The zero-order valence-electron chi connectivity index (χ0n) is 10.1. The van der Waals surface area contributed by atoms with Crippen LogP contribution >= 0.6 is 27.7 Å². The Morgan fingerprint density at radius 3 is 2.33 bits per heavy atom. The molecule has 0 radical (unpaired) electrons. The van der Waals surface area contributed by atoms with Gasteiger partial charge < -0.3 is 5.32 Å². The summed E-state index contributed by atoms with van der Waals surface area (Å²) in [7, 11) is 0. The Morgan fingerprint density at radius 1 is 1.19 bits per heavy atom. The highest BCUT2D eigenvalue weighted by Crippen LogP contribution is 2.34. The van der Waals surface area contributed by atoms with Crippen LogP contribution in [0.1, 0.15) is 15.9 Å². The molecule has 0 saturated carbocycles. The van der Waals surface area contributed by atoms with Crippen LogP contribution < -0.4 is 5.32 Å². The topological polar surface area (TPSA) is 29.1 Å². The van der Waals surface area contributed by atoms with Gasteiger partial charge in [0.15, 0.2) is 0 Å². The number of hydrogen-bond donors (Lipinski definition) is 1. The van der Waals surface area contributed by atoms with E-state index in [1.807, 2.05) is 5.32 Å². The zero-order valence-corrected chi connectivity index (χ0v) is 12.5. The first-order valence-corrected chi connectivity index (χ1v) is 7.14. The molecule has 0 aliphatic carbocycles. The number of thioether (sulfide) groups is 1. The molecule has 21 heavy (non-hydrogen) atoms. The average molecular weight is 396 g/mol. The van der Waals surface area contributed by atoms with Crippen molar-refractivity contribution in [3.63, 3.8) is 0 Å². The standard InChI is InChI=1S/C11H8BrF6NOS/c12-6-1-2-7(8(5-6)10(13,14)15)9(20)19-3-4-21-11(16,17)18/h1-2,5H,3-4H2,(H,19,20). The molecule has 0 bridgehead atoms.